The molecule has 0 unspecified atom stereocenters. The van der Waals surface area contributed by atoms with Crippen LogP contribution in [-0.4, -0.2) is 13.4 Å². The Morgan fingerprint density at radius 3 is 2.13 bits per heavy atom. The Labute approximate surface area is 137 Å². The first kappa shape index (κ1) is 15.8. The molecule has 0 spiro atoms. The Hall–Kier alpha value is -2.09. The number of rotatable bonds is 3. The Morgan fingerprint density at radius 1 is 1.00 bits per heavy atom. The van der Waals surface area contributed by atoms with Crippen molar-refractivity contribution in [3.63, 3.8) is 0 Å². The smallest absolute Gasteiger partial charge is 0.223 e. The molecule has 0 bridgehead atoms. The van der Waals surface area contributed by atoms with Crippen molar-refractivity contribution in [1.82, 2.24) is 4.98 Å². The molecule has 0 aliphatic rings. The van der Waals surface area contributed by atoms with E-state index in [0.717, 1.165) is 11.1 Å². The number of sulfonamides is 1. The molecule has 1 heterocycles. The van der Waals surface area contributed by atoms with Gasteiger partial charge in [0.05, 0.1) is 4.88 Å². The normalized spacial score (nSPS) is 11.6. The number of nitrogens with two attached hydrogens (primary N) is 1. The third kappa shape index (κ3) is 3.31. The van der Waals surface area contributed by atoms with Crippen LogP contribution in [0.15, 0.2) is 53.6 Å². The number of aryl methyl sites for hydroxylation is 1. The Kier molecular flexibility index (Phi) is 4.01. The number of hydrogen-bond acceptors (Lipinski definition) is 4. The van der Waals surface area contributed by atoms with Gasteiger partial charge in [-0.3, -0.25) is 0 Å². The summed E-state index contributed by atoms with van der Waals surface area (Å²) in [4.78, 5) is 4.60. The summed E-state index contributed by atoms with van der Waals surface area (Å²) in [6, 6.07) is 13.1. The molecule has 2 N–H and O–H groups in total. The van der Waals surface area contributed by atoms with Crippen LogP contribution in [0.4, 0.5) is 4.39 Å². The molecule has 1 aromatic heterocycles. The van der Waals surface area contributed by atoms with Crippen molar-refractivity contribution in [2.24, 2.45) is 5.14 Å². The third-order valence-corrected chi connectivity index (χ3v) is 5.39. The molecule has 0 amide bonds. The van der Waals surface area contributed by atoms with Gasteiger partial charge in [-0.05, 0) is 24.6 Å². The van der Waals surface area contributed by atoms with Gasteiger partial charge in [-0.1, -0.05) is 42.0 Å². The van der Waals surface area contributed by atoms with Gasteiger partial charge in [-0.25, -0.2) is 22.9 Å². The lowest BCUT2D eigenvalue weighted by Gasteiger charge is -2.00. The van der Waals surface area contributed by atoms with Crippen molar-refractivity contribution in [1.29, 1.82) is 0 Å². The van der Waals surface area contributed by atoms with E-state index in [1.807, 2.05) is 31.2 Å². The van der Waals surface area contributed by atoms with E-state index < -0.39 is 15.8 Å². The van der Waals surface area contributed by atoms with Crippen LogP contribution < -0.4 is 5.14 Å². The number of hydrogen-bond donors (Lipinski definition) is 1. The first-order chi connectivity index (χ1) is 10.8. The minimum atomic E-state index is -3.98. The van der Waals surface area contributed by atoms with E-state index in [1.54, 1.807) is 0 Å². The largest absolute Gasteiger partial charge is 0.257 e. The van der Waals surface area contributed by atoms with Crippen LogP contribution in [0.3, 0.4) is 0 Å². The second-order valence-electron chi connectivity index (χ2n) is 5.07. The Balaban J connectivity index is 2.18. The van der Waals surface area contributed by atoms with Gasteiger partial charge in [-0.15, -0.1) is 11.3 Å². The predicted octanol–water partition coefficient (Wildman–Crippen LogP) is 3.57. The molecular formula is C16H13FN2O2S2. The van der Waals surface area contributed by atoms with Crippen LogP contribution in [0.1, 0.15) is 5.56 Å². The molecular weight excluding hydrogens is 335 g/mol. The quantitative estimate of drug-likeness (QED) is 0.786. The number of thiazole rings is 1. The van der Waals surface area contributed by atoms with Crippen LogP contribution in [0.5, 0.6) is 0 Å². The van der Waals surface area contributed by atoms with Crippen molar-refractivity contribution >= 4 is 21.4 Å². The van der Waals surface area contributed by atoms with Gasteiger partial charge >= 0.3 is 0 Å². The van der Waals surface area contributed by atoms with Gasteiger partial charge in [0.1, 0.15) is 10.8 Å². The van der Waals surface area contributed by atoms with E-state index in [1.165, 1.54) is 35.6 Å². The highest BCUT2D eigenvalue weighted by Crippen LogP contribution is 2.37. The second-order valence-corrected chi connectivity index (χ2v) is 7.55. The van der Waals surface area contributed by atoms with E-state index >= 15 is 0 Å². The molecule has 0 saturated carbocycles. The van der Waals surface area contributed by atoms with Gasteiger partial charge in [0, 0.05) is 5.56 Å². The van der Waals surface area contributed by atoms with Gasteiger partial charge in [-0.2, -0.15) is 0 Å². The lowest BCUT2D eigenvalue weighted by atomic mass is 10.2. The number of nitrogens with zero attached hydrogens (tertiary/aromatic N) is 1. The fourth-order valence-corrected chi connectivity index (χ4v) is 4.20. The van der Waals surface area contributed by atoms with E-state index in [-0.39, 0.29) is 5.03 Å². The van der Waals surface area contributed by atoms with Crippen LogP contribution >= 0.6 is 11.3 Å². The average Bonchev–Trinajstić information content (AvgIpc) is 2.94. The topological polar surface area (TPSA) is 73.0 Å². The maximum atomic E-state index is 13.1. The molecule has 7 heteroatoms. The maximum Gasteiger partial charge on any atom is 0.257 e. The van der Waals surface area contributed by atoms with Crippen molar-refractivity contribution < 1.29 is 12.8 Å². The van der Waals surface area contributed by atoms with Crippen LogP contribution in [0, 0.1) is 12.7 Å². The predicted molar refractivity (Wildman–Crippen MR) is 89.1 cm³/mol. The van der Waals surface area contributed by atoms with Crippen molar-refractivity contribution in [2.45, 2.75) is 11.9 Å². The molecule has 2 aromatic carbocycles. The van der Waals surface area contributed by atoms with E-state index in [0.29, 0.717) is 15.4 Å². The average molecular weight is 348 g/mol. The Bertz CT molecular complexity index is 947. The molecule has 0 radical (unpaired) electrons. The van der Waals surface area contributed by atoms with Crippen LogP contribution in [0.2, 0.25) is 0 Å². The molecule has 0 aliphatic heterocycles. The highest BCUT2D eigenvalue weighted by Gasteiger charge is 2.22. The van der Waals surface area contributed by atoms with Gasteiger partial charge in [0.15, 0.2) is 5.03 Å². The summed E-state index contributed by atoms with van der Waals surface area (Å²) in [5.41, 5.74) is 2.46. The fourth-order valence-electron chi connectivity index (χ4n) is 2.10. The monoisotopic (exact) mass is 348 g/mol. The van der Waals surface area contributed by atoms with E-state index in [4.69, 9.17) is 5.14 Å². The summed E-state index contributed by atoms with van der Waals surface area (Å²) in [5, 5.41) is 5.64. The first-order valence-corrected chi connectivity index (χ1v) is 9.07. The van der Waals surface area contributed by atoms with Gasteiger partial charge < -0.3 is 0 Å². The standard InChI is InChI=1S/C16H13FN2O2S2/c1-10-2-4-12(5-3-10)15-19-16(23(18,20)21)14(22-15)11-6-8-13(17)9-7-11/h2-9H,1H3,(H2,18,20,21). The van der Waals surface area contributed by atoms with Gasteiger partial charge in [0.25, 0.3) is 10.0 Å². The molecule has 23 heavy (non-hydrogen) atoms. The molecule has 0 saturated heterocycles. The van der Waals surface area contributed by atoms with Crippen molar-refractivity contribution in [3.8, 4) is 21.0 Å². The molecule has 0 atom stereocenters. The minimum Gasteiger partial charge on any atom is -0.223 e. The molecule has 4 nitrogen and oxygen atoms in total. The lowest BCUT2D eigenvalue weighted by Crippen LogP contribution is -2.13. The highest BCUT2D eigenvalue weighted by molar-refractivity contribution is 7.89. The molecule has 118 valence electrons. The lowest BCUT2D eigenvalue weighted by molar-refractivity contribution is 0.595. The molecule has 3 rings (SSSR count). The summed E-state index contributed by atoms with van der Waals surface area (Å²) in [7, 11) is -3.98. The number of benzene rings is 2. The van der Waals surface area contributed by atoms with Gasteiger partial charge in [0.2, 0.25) is 0 Å². The highest BCUT2D eigenvalue weighted by atomic mass is 32.2. The second kappa shape index (κ2) is 5.84. The summed E-state index contributed by atoms with van der Waals surface area (Å²) < 4.78 is 36.8. The van der Waals surface area contributed by atoms with E-state index in [9.17, 15) is 12.8 Å². The summed E-state index contributed by atoms with van der Waals surface area (Å²) in [5.74, 6) is -0.394. The van der Waals surface area contributed by atoms with Crippen molar-refractivity contribution in [2.75, 3.05) is 0 Å². The zero-order valence-electron chi connectivity index (χ0n) is 12.2. The van der Waals surface area contributed by atoms with Crippen LogP contribution in [0.25, 0.3) is 21.0 Å². The summed E-state index contributed by atoms with van der Waals surface area (Å²) in [6.45, 7) is 1.96. The minimum absolute atomic E-state index is 0.190. The fraction of sp³-hybridized carbons (Fsp3) is 0.0625. The molecule has 0 fully saturated rings. The first-order valence-electron chi connectivity index (χ1n) is 6.71. The zero-order valence-corrected chi connectivity index (χ0v) is 13.8. The number of aromatic nitrogens is 1. The van der Waals surface area contributed by atoms with E-state index in [2.05, 4.69) is 4.98 Å². The Morgan fingerprint density at radius 2 is 1.57 bits per heavy atom. The number of primary sulfonamides is 1. The van der Waals surface area contributed by atoms with Crippen LogP contribution in [-0.2, 0) is 10.0 Å². The van der Waals surface area contributed by atoms with Crippen molar-refractivity contribution in [3.05, 3.63) is 59.9 Å². The zero-order chi connectivity index (χ0) is 16.6. The molecule has 3 aromatic rings. The summed E-state index contributed by atoms with van der Waals surface area (Å²) >= 11 is 1.21. The summed E-state index contributed by atoms with van der Waals surface area (Å²) in [6.07, 6.45) is 0. The maximum absolute atomic E-state index is 13.1. The molecule has 0 aliphatic carbocycles. The SMILES string of the molecule is Cc1ccc(-c2nc(S(N)(=O)=O)c(-c3ccc(F)cc3)s2)cc1. The number of halogens is 1. The third-order valence-electron chi connectivity index (χ3n) is 3.27.